The predicted molar refractivity (Wildman–Crippen MR) is 95.9 cm³/mol. The number of aliphatic hydroxyl groups is 1. The average molecular weight is 353 g/mol. The Bertz CT molecular complexity index is 1070. The van der Waals surface area contributed by atoms with Crippen LogP contribution in [0.25, 0.3) is 11.0 Å². The normalized spacial score (nSPS) is 12.9. The van der Waals surface area contributed by atoms with E-state index in [9.17, 15) is 20.0 Å². The van der Waals surface area contributed by atoms with E-state index in [1.165, 1.54) is 18.2 Å². The van der Waals surface area contributed by atoms with Gasteiger partial charge in [-0.3, -0.25) is 14.9 Å². The van der Waals surface area contributed by atoms with Crippen molar-refractivity contribution < 1.29 is 10.0 Å². The third-order valence-electron chi connectivity index (χ3n) is 3.92. The number of hydrazone groups is 1. The minimum absolute atomic E-state index is 0.102. The average Bonchev–Trinajstić information content (AvgIpc) is 2.62. The summed E-state index contributed by atoms with van der Waals surface area (Å²) < 4.78 is 0. The highest BCUT2D eigenvalue weighted by atomic mass is 16.6. The van der Waals surface area contributed by atoms with E-state index in [0.717, 1.165) is 5.56 Å². The molecular weight excluding hydrogens is 338 g/mol. The first kappa shape index (κ1) is 17.2. The zero-order chi connectivity index (χ0) is 18.8. The van der Waals surface area contributed by atoms with Gasteiger partial charge < -0.3 is 15.9 Å². The van der Waals surface area contributed by atoms with Crippen LogP contribution < -0.4 is 11.4 Å². The van der Waals surface area contributed by atoms with E-state index in [1.807, 2.05) is 19.1 Å². The van der Waals surface area contributed by atoms with Crippen molar-refractivity contribution in [1.29, 1.82) is 0 Å². The van der Waals surface area contributed by atoms with E-state index in [0.29, 0.717) is 11.1 Å². The Morgan fingerprint density at radius 2 is 2.00 bits per heavy atom. The number of nitro groups is 1. The number of benzene rings is 2. The number of hydrogen-bond acceptors (Lipinski definition) is 7. The number of nitro benzene ring substituents is 1. The lowest BCUT2D eigenvalue weighted by atomic mass is 10.0. The highest BCUT2D eigenvalue weighted by Gasteiger charge is 2.22. The topological polar surface area (TPSA) is 148 Å². The molecule has 0 unspecified atom stereocenters. The molecule has 0 saturated carbocycles. The van der Waals surface area contributed by atoms with Crippen molar-refractivity contribution in [2.45, 2.75) is 13.0 Å². The number of hydrogen-bond donors (Lipinski definition) is 3. The molecule has 4 N–H and O–H groups in total. The van der Waals surface area contributed by atoms with Crippen LogP contribution in [0.2, 0.25) is 0 Å². The van der Waals surface area contributed by atoms with Crippen molar-refractivity contribution in [3.8, 4) is 0 Å². The van der Waals surface area contributed by atoms with Crippen LogP contribution in [0.15, 0.2) is 52.4 Å². The van der Waals surface area contributed by atoms with Gasteiger partial charge in [0.15, 0.2) is 5.69 Å². The highest BCUT2D eigenvalue weighted by Crippen LogP contribution is 2.20. The lowest BCUT2D eigenvalue weighted by Gasteiger charge is -2.13. The summed E-state index contributed by atoms with van der Waals surface area (Å²) in [6, 6.07) is 10.9. The molecule has 0 aliphatic heterocycles. The van der Waals surface area contributed by atoms with Crippen molar-refractivity contribution in [3.63, 3.8) is 0 Å². The second kappa shape index (κ2) is 6.73. The van der Waals surface area contributed by atoms with Crippen LogP contribution in [-0.2, 0) is 0 Å². The van der Waals surface area contributed by atoms with Gasteiger partial charge in [0.25, 0.3) is 11.2 Å². The Morgan fingerprint density at radius 1 is 1.31 bits per heavy atom. The van der Waals surface area contributed by atoms with Crippen LogP contribution in [0.1, 0.15) is 22.9 Å². The molecule has 0 aliphatic carbocycles. The number of nitrogens with two attached hydrogens (primary N) is 1. The lowest BCUT2D eigenvalue weighted by Crippen LogP contribution is -2.26. The van der Waals surface area contributed by atoms with Crippen LogP contribution in [-0.4, -0.2) is 25.7 Å². The number of nitrogens with zero attached hydrogens (tertiary/aromatic N) is 3. The van der Waals surface area contributed by atoms with Crippen molar-refractivity contribution in [1.82, 2.24) is 9.97 Å². The Labute approximate surface area is 147 Å². The second-order valence-corrected chi connectivity index (χ2v) is 5.70. The maximum Gasteiger partial charge on any atom is 0.276 e. The number of nitrogens with one attached hydrogen (secondary N) is 1. The van der Waals surface area contributed by atoms with Crippen molar-refractivity contribution >= 4 is 22.4 Å². The molecule has 9 heteroatoms. The smallest absolute Gasteiger partial charge is 0.276 e. The zero-order valence-electron chi connectivity index (χ0n) is 13.7. The van der Waals surface area contributed by atoms with Crippen LogP contribution >= 0.6 is 0 Å². The third kappa shape index (κ3) is 3.15. The predicted octanol–water partition coefficient (Wildman–Crippen LogP) is 1.54. The second-order valence-electron chi connectivity index (χ2n) is 5.70. The molecule has 0 bridgehead atoms. The number of aliphatic hydroxyl groups excluding tert-OH is 1. The molecule has 1 atom stereocenters. The SMILES string of the molecule is Cc1ccc([C@H](O)/C(=N/N)c2nc3ccc([N+](=O)[O-])cc3[nH]c2=O)cc1. The summed E-state index contributed by atoms with van der Waals surface area (Å²) in [6.07, 6.45) is -1.25. The quantitative estimate of drug-likeness (QED) is 0.280. The largest absolute Gasteiger partial charge is 0.382 e. The van der Waals surface area contributed by atoms with E-state index in [4.69, 9.17) is 5.84 Å². The molecule has 3 rings (SSSR count). The van der Waals surface area contributed by atoms with Gasteiger partial charge in [0, 0.05) is 12.1 Å². The summed E-state index contributed by atoms with van der Waals surface area (Å²) in [5, 5.41) is 24.9. The third-order valence-corrected chi connectivity index (χ3v) is 3.92. The van der Waals surface area contributed by atoms with Crippen molar-refractivity contribution in [2.75, 3.05) is 0 Å². The fraction of sp³-hybridized carbons (Fsp3) is 0.118. The molecule has 0 aliphatic rings. The van der Waals surface area contributed by atoms with Crippen LogP contribution in [0.3, 0.4) is 0 Å². The van der Waals surface area contributed by atoms with Gasteiger partial charge in [0.2, 0.25) is 0 Å². The van der Waals surface area contributed by atoms with Gasteiger partial charge in [-0.1, -0.05) is 29.8 Å². The standard InChI is InChI=1S/C17H15N5O4/c1-9-2-4-10(5-3-9)16(23)14(21-18)15-17(24)20-13-8-11(22(25)26)6-7-12(13)19-15/h2-8,16,23H,18H2,1H3,(H,20,24)/b21-14+/t16-/m0/s1. The van der Waals surface area contributed by atoms with Crippen molar-refractivity contribution in [2.24, 2.45) is 10.9 Å². The van der Waals surface area contributed by atoms with Crippen LogP contribution in [0.5, 0.6) is 0 Å². The number of H-pyrrole nitrogens is 1. The molecule has 0 radical (unpaired) electrons. The van der Waals surface area contributed by atoms with Gasteiger partial charge in [-0.15, -0.1) is 0 Å². The Balaban J connectivity index is 2.08. The van der Waals surface area contributed by atoms with Gasteiger partial charge in [0.05, 0.1) is 16.0 Å². The first-order valence-electron chi connectivity index (χ1n) is 7.62. The van der Waals surface area contributed by atoms with Crippen LogP contribution in [0, 0.1) is 17.0 Å². The molecule has 26 heavy (non-hydrogen) atoms. The number of aromatic amines is 1. The summed E-state index contributed by atoms with van der Waals surface area (Å²) in [4.78, 5) is 29.3. The maximum absolute atomic E-state index is 12.4. The van der Waals surface area contributed by atoms with Gasteiger partial charge in [-0.05, 0) is 18.6 Å². The molecular formula is C17H15N5O4. The number of rotatable bonds is 4. The fourth-order valence-corrected chi connectivity index (χ4v) is 2.53. The van der Waals surface area contributed by atoms with Gasteiger partial charge in [-0.25, -0.2) is 4.98 Å². The first-order chi connectivity index (χ1) is 12.4. The Kier molecular flexibility index (Phi) is 4.46. The molecule has 0 saturated heterocycles. The summed E-state index contributed by atoms with van der Waals surface area (Å²) in [6.45, 7) is 1.91. The maximum atomic E-state index is 12.4. The van der Waals surface area contributed by atoms with Crippen LogP contribution in [0.4, 0.5) is 5.69 Å². The molecule has 3 aromatic rings. The summed E-state index contributed by atoms with van der Waals surface area (Å²) in [5.74, 6) is 5.40. The number of non-ortho nitro benzene ring substituents is 1. The van der Waals surface area contributed by atoms with Crippen molar-refractivity contribution in [3.05, 3.63) is 79.8 Å². The zero-order valence-corrected chi connectivity index (χ0v) is 13.7. The highest BCUT2D eigenvalue weighted by molar-refractivity contribution is 6.03. The Morgan fingerprint density at radius 3 is 2.62 bits per heavy atom. The molecule has 2 aromatic carbocycles. The monoisotopic (exact) mass is 353 g/mol. The minimum Gasteiger partial charge on any atom is -0.382 e. The summed E-state index contributed by atoms with van der Waals surface area (Å²) in [7, 11) is 0. The minimum atomic E-state index is -1.25. The van der Waals surface area contributed by atoms with E-state index >= 15 is 0 Å². The van der Waals surface area contributed by atoms with Gasteiger partial charge in [-0.2, -0.15) is 5.10 Å². The number of fused-ring (bicyclic) bond motifs is 1. The van der Waals surface area contributed by atoms with Gasteiger partial charge in [0.1, 0.15) is 11.8 Å². The molecule has 1 heterocycles. The molecule has 9 nitrogen and oxygen atoms in total. The Hall–Kier alpha value is -3.59. The number of aryl methyl sites for hydroxylation is 1. The first-order valence-corrected chi connectivity index (χ1v) is 7.62. The fourth-order valence-electron chi connectivity index (χ4n) is 2.53. The molecule has 0 fully saturated rings. The molecule has 0 amide bonds. The molecule has 132 valence electrons. The van der Waals surface area contributed by atoms with E-state index in [2.05, 4.69) is 15.1 Å². The molecule has 1 aromatic heterocycles. The number of aromatic nitrogens is 2. The van der Waals surface area contributed by atoms with Gasteiger partial charge >= 0.3 is 0 Å². The van der Waals surface area contributed by atoms with E-state index in [1.54, 1.807) is 12.1 Å². The summed E-state index contributed by atoms with van der Waals surface area (Å²) in [5.41, 5.74) is 0.942. The van der Waals surface area contributed by atoms with E-state index < -0.39 is 16.6 Å². The van der Waals surface area contributed by atoms with E-state index in [-0.39, 0.29) is 22.6 Å². The summed E-state index contributed by atoms with van der Waals surface area (Å²) >= 11 is 0. The lowest BCUT2D eigenvalue weighted by molar-refractivity contribution is -0.384. The molecule has 0 spiro atoms.